The lowest BCUT2D eigenvalue weighted by Gasteiger charge is -2.40. The Bertz CT molecular complexity index is 447. The van der Waals surface area contributed by atoms with Gasteiger partial charge in [-0.05, 0) is 11.7 Å². The van der Waals surface area contributed by atoms with Crippen molar-refractivity contribution in [3.8, 4) is 0 Å². The molecular formula is C16H23NO2S. The van der Waals surface area contributed by atoms with Crippen molar-refractivity contribution in [1.82, 2.24) is 4.31 Å². The Morgan fingerprint density at radius 3 is 2.75 bits per heavy atom. The van der Waals surface area contributed by atoms with E-state index in [1.54, 1.807) is 11.9 Å². The highest BCUT2D eigenvalue weighted by atomic mass is 32.2. The predicted molar refractivity (Wildman–Crippen MR) is 84.0 cm³/mol. The predicted octanol–water partition coefficient (Wildman–Crippen LogP) is 3.26. The number of benzene rings is 1. The van der Waals surface area contributed by atoms with Crippen molar-refractivity contribution < 1.29 is 9.53 Å². The lowest BCUT2D eigenvalue weighted by molar-refractivity contribution is -0.0633. The van der Waals surface area contributed by atoms with Crippen LogP contribution in [0.25, 0.3) is 0 Å². The number of ether oxygens (including phenoxy) is 1. The first kappa shape index (κ1) is 15.5. The Morgan fingerprint density at radius 2 is 2.10 bits per heavy atom. The van der Waals surface area contributed by atoms with Crippen molar-refractivity contribution in [2.75, 3.05) is 26.0 Å². The molecule has 4 heteroatoms. The van der Waals surface area contributed by atoms with Gasteiger partial charge in [0.2, 0.25) is 0 Å². The van der Waals surface area contributed by atoms with Crippen molar-refractivity contribution in [3.63, 3.8) is 0 Å². The van der Waals surface area contributed by atoms with Gasteiger partial charge in [-0.1, -0.05) is 56.1 Å². The van der Waals surface area contributed by atoms with E-state index in [0.717, 1.165) is 25.3 Å². The van der Waals surface area contributed by atoms with Crippen LogP contribution in [-0.2, 0) is 4.74 Å². The molecule has 1 fully saturated rings. The van der Waals surface area contributed by atoms with E-state index in [1.807, 2.05) is 30.3 Å². The van der Waals surface area contributed by atoms with Crippen LogP contribution >= 0.6 is 11.9 Å². The fraction of sp³-hybridized carbons (Fsp3) is 0.562. The molecule has 3 nitrogen and oxygen atoms in total. The maximum Gasteiger partial charge on any atom is 0.163 e. The molecule has 1 aliphatic rings. The second-order valence-corrected chi connectivity index (χ2v) is 6.77. The van der Waals surface area contributed by atoms with E-state index >= 15 is 0 Å². The summed E-state index contributed by atoms with van der Waals surface area (Å²) in [6.45, 7) is 6.84. The lowest BCUT2D eigenvalue weighted by atomic mass is 9.80. The minimum Gasteiger partial charge on any atom is -0.375 e. The van der Waals surface area contributed by atoms with Gasteiger partial charge >= 0.3 is 0 Å². The summed E-state index contributed by atoms with van der Waals surface area (Å²) in [7, 11) is 0. The fourth-order valence-corrected chi connectivity index (χ4v) is 3.06. The normalized spacial score (nSPS) is 20.9. The van der Waals surface area contributed by atoms with Gasteiger partial charge in [-0.3, -0.25) is 4.79 Å². The van der Waals surface area contributed by atoms with Crippen molar-refractivity contribution in [1.29, 1.82) is 0 Å². The molecule has 0 aliphatic carbocycles. The Morgan fingerprint density at radius 1 is 1.40 bits per heavy atom. The molecule has 1 unspecified atom stereocenters. The average Bonchev–Trinajstić information content (AvgIpc) is 2.48. The van der Waals surface area contributed by atoms with Gasteiger partial charge in [0.25, 0.3) is 0 Å². The summed E-state index contributed by atoms with van der Waals surface area (Å²) in [5.41, 5.74) is 0.638. The van der Waals surface area contributed by atoms with E-state index in [9.17, 15) is 4.79 Å². The summed E-state index contributed by atoms with van der Waals surface area (Å²) in [6, 6.07) is 9.52. The van der Waals surface area contributed by atoms with E-state index < -0.39 is 0 Å². The van der Waals surface area contributed by atoms with Gasteiger partial charge in [0.05, 0.1) is 12.7 Å². The fourth-order valence-electron chi connectivity index (χ4n) is 2.52. The van der Waals surface area contributed by atoms with Crippen LogP contribution in [0.1, 0.15) is 30.6 Å². The maximum atomic E-state index is 12.4. The van der Waals surface area contributed by atoms with E-state index in [2.05, 4.69) is 24.4 Å². The third-order valence-electron chi connectivity index (χ3n) is 3.87. The van der Waals surface area contributed by atoms with E-state index in [1.165, 1.54) is 0 Å². The number of nitrogens with zero attached hydrogens (tertiary/aromatic N) is 1. The number of carbonyl (C=O) groups is 1. The highest BCUT2D eigenvalue weighted by Crippen LogP contribution is 2.32. The quantitative estimate of drug-likeness (QED) is 0.615. The summed E-state index contributed by atoms with van der Waals surface area (Å²) in [4.78, 5) is 12.4. The Kier molecular flexibility index (Phi) is 5.24. The van der Waals surface area contributed by atoms with Gasteiger partial charge in [-0.15, -0.1) is 0 Å². The van der Waals surface area contributed by atoms with E-state index in [4.69, 9.17) is 4.74 Å². The van der Waals surface area contributed by atoms with Crippen LogP contribution in [0.3, 0.4) is 0 Å². The van der Waals surface area contributed by atoms with Gasteiger partial charge in [0.15, 0.2) is 5.78 Å². The Balaban J connectivity index is 2.01. The molecule has 1 aliphatic heterocycles. The minimum absolute atomic E-state index is 0.108. The SMILES string of the molecule is CSN1CCOC(C(C)(C)CC(=O)c2ccccc2)C1. The average molecular weight is 293 g/mol. The molecule has 0 spiro atoms. The molecule has 0 N–H and O–H groups in total. The zero-order chi connectivity index (χ0) is 14.6. The second-order valence-electron chi connectivity index (χ2n) is 5.88. The van der Waals surface area contributed by atoms with Crippen LogP contribution in [0.4, 0.5) is 0 Å². The molecule has 2 rings (SSSR count). The van der Waals surface area contributed by atoms with Gasteiger partial charge < -0.3 is 4.74 Å². The number of ketones is 1. The van der Waals surface area contributed by atoms with E-state index in [-0.39, 0.29) is 17.3 Å². The molecule has 1 heterocycles. The minimum atomic E-state index is -0.151. The first-order chi connectivity index (χ1) is 9.53. The van der Waals surface area contributed by atoms with Gasteiger partial charge in [-0.2, -0.15) is 0 Å². The first-order valence-corrected chi connectivity index (χ1v) is 8.20. The summed E-state index contributed by atoms with van der Waals surface area (Å²) < 4.78 is 8.21. The molecule has 0 radical (unpaired) electrons. The van der Waals surface area contributed by atoms with Crippen molar-refractivity contribution in [2.45, 2.75) is 26.4 Å². The molecule has 1 atom stereocenters. The van der Waals surface area contributed by atoms with Crippen LogP contribution in [0, 0.1) is 5.41 Å². The molecule has 0 amide bonds. The highest BCUT2D eigenvalue weighted by molar-refractivity contribution is 7.96. The summed E-state index contributed by atoms with van der Waals surface area (Å²) >= 11 is 1.75. The Hall–Kier alpha value is -0.840. The van der Waals surface area contributed by atoms with Crippen molar-refractivity contribution in [3.05, 3.63) is 35.9 Å². The third-order valence-corrected chi connectivity index (χ3v) is 4.72. The van der Waals surface area contributed by atoms with Crippen LogP contribution in [-0.4, -0.2) is 42.1 Å². The number of carbonyl (C=O) groups excluding carboxylic acids is 1. The zero-order valence-electron chi connectivity index (χ0n) is 12.5. The first-order valence-electron chi connectivity index (χ1n) is 7.02. The molecule has 0 aromatic heterocycles. The number of Topliss-reactive ketones (excluding diaryl/α,β-unsaturated/α-hetero) is 1. The molecule has 0 saturated carbocycles. The number of hydrogen-bond donors (Lipinski definition) is 0. The van der Waals surface area contributed by atoms with Gasteiger partial charge in [0.1, 0.15) is 0 Å². The molecule has 0 bridgehead atoms. The topological polar surface area (TPSA) is 29.5 Å². The van der Waals surface area contributed by atoms with E-state index in [0.29, 0.717) is 6.42 Å². The molecule has 1 aromatic rings. The Labute approximate surface area is 125 Å². The smallest absolute Gasteiger partial charge is 0.163 e. The second kappa shape index (κ2) is 6.74. The summed E-state index contributed by atoms with van der Waals surface area (Å²) in [6.07, 6.45) is 2.71. The standard InChI is InChI=1S/C16H23NO2S/c1-16(2,15-12-17(20-3)9-10-19-15)11-14(18)13-7-5-4-6-8-13/h4-8,15H,9-12H2,1-3H3. The highest BCUT2D eigenvalue weighted by Gasteiger charge is 2.36. The van der Waals surface area contributed by atoms with Gasteiger partial charge in [-0.25, -0.2) is 4.31 Å². The lowest BCUT2D eigenvalue weighted by Crippen LogP contribution is -2.47. The van der Waals surface area contributed by atoms with Crippen LogP contribution in [0.5, 0.6) is 0 Å². The molecule has 110 valence electrons. The maximum absolute atomic E-state index is 12.4. The molecular weight excluding hydrogens is 270 g/mol. The summed E-state index contributed by atoms with van der Waals surface area (Å²) in [5, 5.41) is 0. The van der Waals surface area contributed by atoms with Crippen molar-refractivity contribution in [2.24, 2.45) is 5.41 Å². The zero-order valence-corrected chi connectivity index (χ0v) is 13.3. The monoisotopic (exact) mass is 293 g/mol. The largest absolute Gasteiger partial charge is 0.375 e. The third kappa shape index (κ3) is 3.84. The summed E-state index contributed by atoms with van der Waals surface area (Å²) in [5.74, 6) is 0.195. The number of hydrogen-bond acceptors (Lipinski definition) is 4. The molecule has 1 aromatic carbocycles. The number of rotatable bonds is 5. The van der Waals surface area contributed by atoms with Gasteiger partial charge in [0, 0.05) is 25.1 Å². The molecule has 20 heavy (non-hydrogen) atoms. The van der Waals surface area contributed by atoms with Crippen LogP contribution < -0.4 is 0 Å². The van der Waals surface area contributed by atoms with Crippen LogP contribution in [0.2, 0.25) is 0 Å². The van der Waals surface area contributed by atoms with Crippen molar-refractivity contribution >= 4 is 17.7 Å². The van der Waals surface area contributed by atoms with Crippen LogP contribution in [0.15, 0.2) is 30.3 Å². The molecule has 1 saturated heterocycles. The number of morpholine rings is 1.